The Morgan fingerprint density at radius 2 is 1.84 bits per heavy atom. The van der Waals surface area contributed by atoms with Gasteiger partial charge in [-0.05, 0) is 49.3 Å². The van der Waals surface area contributed by atoms with Crippen molar-refractivity contribution in [2.75, 3.05) is 13.1 Å². The average molecular weight is 345 g/mol. The summed E-state index contributed by atoms with van der Waals surface area (Å²) in [6, 6.07) is 4.86. The molecule has 0 spiro atoms. The van der Waals surface area contributed by atoms with E-state index in [4.69, 9.17) is 0 Å². The van der Waals surface area contributed by atoms with E-state index >= 15 is 0 Å². The standard InChI is InChI=1S/C20H32N4O/c1-2-16-4-3-5-19(14-16)23-20(25)22-18-8-12-24(13-9-18)15-17-6-10-21-11-7-17/h6-7,10-11,16,18-19H,2-5,8-9,12-15H2,1H3,(H2,22,23,25). The molecule has 2 aliphatic rings. The van der Waals surface area contributed by atoms with Gasteiger partial charge in [-0.2, -0.15) is 0 Å². The summed E-state index contributed by atoms with van der Waals surface area (Å²) in [5.74, 6) is 0.787. The van der Waals surface area contributed by atoms with Crippen LogP contribution in [-0.4, -0.2) is 41.1 Å². The van der Waals surface area contributed by atoms with Crippen LogP contribution in [0.25, 0.3) is 0 Å². The quantitative estimate of drug-likeness (QED) is 0.861. The first kappa shape index (κ1) is 18.2. The maximum Gasteiger partial charge on any atom is 0.315 e. The zero-order valence-electron chi connectivity index (χ0n) is 15.4. The largest absolute Gasteiger partial charge is 0.335 e. The highest BCUT2D eigenvalue weighted by atomic mass is 16.2. The number of urea groups is 1. The fraction of sp³-hybridized carbons (Fsp3) is 0.700. The van der Waals surface area contributed by atoms with Crippen molar-refractivity contribution >= 4 is 6.03 Å². The van der Waals surface area contributed by atoms with Gasteiger partial charge in [0.15, 0.2) is 0 Å². The van der Waals surface area contributed by atoms with Gasteiger partial charge in [0.05, 0.1) is 0 Å². The number of amides is 2. The van der Waals surface area contributed by atoms with Crippen LogP contribution in [-0.2, 0) is 6.54 Å². The minimum atomic E-state index is 0.0364. The monoisotopic (exact) mass is 344 g/mol. The molecule has 2 atom stereocenters. The Hall–Kier alpha value is -1.62. The predicted molar refractivity (Wildman–Crippen MR) is 100 cm³/mol. The van der Waals surface area contributed by atoms with E-state index in [0.29, 0.717) is 12.1 Å². The number of hydrogen-bond acceptors (Lipinski definition) is 3. The van der Waals surface area contributed by atoms with Gasteiger partial charge < -0.3 is 10.6 Å². The molecule has 1 aromatic rings. The number of carbonyl (C=O) groups excluding carboxylic acids is 1. The van der Waals surface area contributed by atoms with Gasteiger partial charge in [0, 0.05) is 44.1 Å². The van der Waals surface area contributed by atoms with Gasteiger partial charge in [-0.25, -0.2) is 4.79 Å². The van der Waals surface area contributed by atoms with Crippen LogP contribution in [0.1, 0.15) is 57.4 Å². The van der Waals surface area contributed by atoms with E-state index in [2.05, 4.69) is 39.6 Å². The van der Waals surface area contributed by atoms with Crippen molar-refractivity contribution in [1.82, 2.24) is 20.5 Å². The molecule has 2 N–H and O–H groups in total. The number of nitrogens with one attached hydrogen (secondary N) is 2. The molecule has 2 heterocycles. The SMILES string of the molecule is CCC1CCCC(NC(=O)NC2CCN(Cc3ccncc3)CC2)C1. The second-order valence-electron chi connectivity index (χ2n) is 7.66. The van der Waals surface area contributed by atoms with Crippen LogP contribution in [0.15, 0.2) is 24.5 Å². The minimum absolute atomic E-state index is 0.0364. The molecule has 1 aromatic heterocycles. The second-order valence-corrected chi connectivity index (χ2v) is 7.66. The molecule has 2 amide bonds. The summed E-state index contributed by atoms with van der Waals surface area (Å²) in [6.45, 7) is 5.30. The number of piperidine rings is 1. The fourth-order valence-electron chi connectivity index (χ4n) is 4.19. The summed E-state index contributed by atoms with van der Waals surface area (Å²) in [5, 5.41) is 6.41. The Kier molecular flexibility index (Phi) is 6.68. The summed E-state index contributed by atoms with van der Waals surface area (Å²) in [6.07, 6.45) is 11.8. The molecule has 2 unspecified atom stereocenters. The van der Waals surface area contributed by atoms with Crippen LogP contribution < -0.4 is 10.6 Å². The van der Waals surface area contributed by atoms with Crippen molar-refractivity contribution in [2.24, 2.45) is 5.92 Å². The van der Waals surface area contributed by atoms with Crippen molar-refractivity contribution in [3.63, 3.8) is 0 Å². The highest BCUT2D eigenvalue weighted by Gasteiger charge is 2.24. The van der Waals surface area contributed by atoms with Gasteiger partial charge in [0.1, 0.15) is 0 Å². The van der Waals surface area contributed by atoms with E-state index < -0.39 is 0 Å². The van der Waals surface area contributed by atoms with E-state index in [0.717, 1.165) is 51.2 Å². The number of likely N-dealkylation sites (tertiary alicyclic amines) is 1. The van der Waals surface area contributed by atoms with Crippen LogP contribution in [0.2, 0.25) is 0 Å². The lowest BCUT2D eigenvalue weighted by atomic mass is 9.84. The maximum absolute atomic E-state index is 12.3. The van der Waals surface area contributed by atoms with E-state index in [-0.39, 0.29) is 6.03 Å². The Bertz CT molecular complexity index is 528. The number of carbonyl (C=O) groups is 1. The van der Waals surface area contributed by atoms with E-state index in [1.807, 2.05) is 12.4 Å². The second kappa shape index (κ2) is 9.18. The molecule has 25 heavy (non-hydrogen) atoms. The zero-order valence-corrected chi connectivity index (χ0v) is 15.4. The summed E-state index contributed by atoms with van der Waals surface area (Å²) in [7, 11) is 0. The number of aromatic nitrogens is 1. The Labute approximate surface area is 151 Å². The van der Waals surface area contributed by atoms with E-state index in [1.165, 1.54) is 24.8 Å². The summed E-state index contributed by atoms with van der Waals surface area (Å²) < 4.78 is 0. The van der Waals surface area contributed by atoms with Gasteiger partial charge in [0.25, 0.3) is 0 Å². The Morgan fingerprint density at radius 3 is 2.56 bits per heavy atom. The molecular weight excluding hydrogens is 312 g/mol. The number of pyridine rings is 1. The van der Waals surface area contributed by atoms with Gasteiger partial charge in [-0.15, -0.1) is 0 Å². The molecule has 138 valence electrons. The average Bonchev–Trinajstić information content (AvgIpc) is 2.64. The Morgan fingerprint density at radius 1 is 1.12 bits per heavy atom. The van der Waals surface area contributed by atoms with Crippen molar-refractivity contribution in [3.05, 3.63) is 30.1 Å². The molecule has 0 aromatic carbocycles. The highest BCUT2D eigenvalue weighted by Crippen LogP contribution is 2.26. The van der Waals surface area contributed by atoms with Crippen molar-refractivity contribution < 1.29 is 4.79 Å². The lowest BCUT2D eigenvalue weighted by Gasteiger charge is -2.33. The fourth-order valence-corrected chi connectivity index (χ4v) is 4.19. The highest BCUT2D eigenvalue weighted by molar-refractivity contribution is 5.74. The molecule has 2 fully saturated rings. The molecule has 1 saturated heterocycles. The molecule has 5 nitrogen and oxygen atoms in total. The zero-order chi connectivity index (χ0) is 17.5. The third-order valence-corrected chi connectivity index (χ3v) is 5.77. The molecule has 3 rings (SSSR count). The van der Waals surface area contributed by atoms with Crippen LogP contribution >= 0.6 is 0 Å². The first-order chi connectivity index (χ1) is 12.2. The minimum Gasteiger partial charge on any atom is -0.335 e. The number of rotatable bonds is 5. The van der Waals surface area contributed by atoms with Crippen LogP contribution in [0.3, 0.4) is 0 Å². The third-order valence-electron chi connectivity index (χ3n) is 5.77. The van der Waals surface area contributed by atoms with Crippen molar-refractivity contribution in [3.8, 4) is 0 Å². The lowest BCUT2D eigenvalue weighted by Crippen LogP contribution is -2.50. The molecular formula is C20H32N4O. The van der Waals surface area contributed by atoms with Crippen molar-refractivity contribution in [1.29, 1.82) is 0 Å². The smallest absolute Gasteiger partial charge is 0.315 e. The summed E-state index contributed by atoms with van der Waals surface area (Å²) in [4.78, 5) is 18.8. The predicted octanol–water partition coefficient (Wildman–Crippen LogP) is 3.31. The van der Waals surface area contributed by atoms with E-state index in [1.54, 1.807) is 0 Å². The van der Waals surface area contributed by atoms with Crippen LogP contribution in [0, 0.1) is 5.92 Å². The van der Waals surface area contributed by atoms with Crippen LogP contribution in [0.5, 0.6) is 0 Å². The molecule has 5 heteroatoms. The molecule has 0 bridgehead atoms. The van der Waals surface area contributed by atoms with E-state index in [9.17, 15) is 4.79 Å². The first-order valence-electron chi connectivity index (χ1n) is 9.91. The van der Waals surface area contributed by atoms with Gasteiger partial charge in [-0.1, -0.05) is 26.2 Å². The summed E-state index contributed by atoms with van der Waals surface area (Å²) >= 11 is 0. The maximum atomic E-state index is 12.3. The lowest BCUT2D eigenvalue weighted by molar-refractivity contribution is 0.183. The molecule has 0 radical (unpaired) electrons. The van der Waals surface area contributed by atoms with Gasteiger partial charge in [-0.3, -0.25) is 9.88 Å². The van der Waals surface area contributed by atoms with Crippen molar-refractivity contribution in [2.45, 2.75) is 70.5 Å². The first-order valence-corrected chi connectivity index (χ1v) is 9.91. The number of nitrogens with zero attached hydrogens (tertiary/aromatic N) is 2. The van der Waals surface area contributed by atoms with Gasteiger partial charge in [0.2, 0.25) is 0 Å². The molecule has 1 aliphatic carbocycles. The summed E-state index contributed by atoms with van der Waals surface area (Å²) in [5.41, 5.74) is 1.31. The molecule has 1 aliphatic heterocycles. The number of hydrogen-bond donors (Lipinski definition) is 2. The third kappa shape index (κ3) is 5.70. The molecule has 1 saturated carbocycles. The normalized spacial score (nSPS) is 25.5. The topological polar surface area (TPSA) is 57.3 Å². The Balaban J connectivity index is 1.36. The van der Waals surface area contributed by atoms with Crippen LogP contribution in [0.4, 0.5) is 4.79 Å². The van der Waals surface area contributed by atoms with Gasteiger partial charge >= 0.3 is 6.03 Å².